The molecule has 0 radical (unpaired) electrons. The van der Waals surface area contributed by atoms with E-state index >= 15 is 0 Å². The van der Waals surface area contributed by atoms with Gasteiger partial charge in [0.15, 0.2) is 0 Å². The lowest BCUT2D eigenvalue weighted by molar-refractivity contribution is -0.136. The number of carbonyl (C=O) groups is 1. The van der Waals surface area contributed by atoms with Gasteiger partial charge in [-0.1, -0.05) is 0 Å². The van der Waals surface area contributed by atoms with Crippen LogP contribution < -0.4 is 10.1 Å². The topological polar surface area (TPSA) is 76.4 Å². The third-order valence-electron chi connectivity index (χ3n) is 5.77. The molecule has 1 saturated heterocycles. The van der Waals surface area contributed by atoms with Gasteiger partial charge >= 0.3 is 6.18 Å². The first-order chi connectivity index (χ1) is 13.9. The van der Waals surface area contributed by atoms with E-state index in [0.717, 1.165) is 6.07 Å². The number of halogens is 4. The van der Waals surface area contributed by atoms with Gasteiger partial charge in [-0.25, -0.2) is 4.98 Å². The number of ketones is 1. The first-order valence-corrected chi connectivity index (χ1v) is 10.9. The maximum Gasteiger partial charge on any atom is 0.418 e. The zero-order chi connectivity index (χ0) is 21.8. The van der Waals surface area contributed by atoms with E-state index < -0.39 is 17.3 Å². The quantitative estimate of drug-likeness (QED) is 0.581. The summed E-state index contributed by atoms with van der Waals surface area (Å²) < 4.78 is 49.5. The number of Topliss-reactive ketones (excluding diaryl/α,β-unsaturated/α-hetero) is 1. The molecule has 2 atom stereocenters. The predicted molar refractivity (Wildman–Crippen MR) is 112 cm³/mol. The summed E-state index contributed by atoms with van der Waals surface area (Å²) in [6.07, 6.45) is -1.67. The molecule has 2 aromatic rings. The normalized spacial score (nSPS) is 29.8. The van der Waals surface area contributed by atoms with Crippen LogP contribution in [-0.4, -0.2) is 44.7 Å². The third kappa shape index (κ3) is 4.18. The summed E-state index contributed by atoms with van der Waals surface area (Å²) in [6.45, 7) is 3.67. The van der Waals surface area contributed by atoms with Crippen molar-refractivity contribution in [3.63, 3.8) is 0 Å². The van der Waals surface area contributed by atoms with Crippen LogP contribution in [0.4, 0.5) is 13.2 Å². The van der Waals surface area contributed by atoms with Crippen molar-refractivity contribution in [2.45, 2.75) is 69.4 Å². The number of rotatable bonds is 4. The SMILES string of the molecule is C[C@H]1CC(=O)C[C@@H](COc2cc(C(F)(F)F)c3c(ncn3C3CC(C)(O)C3)c2I)N1. The standard InChI is InChI=1S/C20H23F3IN3O3/c1-10-3-13(28)4-11(26-10)8-30-15-5-14(20(21,22)23)18-17(16(15)24)25-9-27(18)12-6-19(2,29)7-12/h5,9-12,26,29H,3-4,6-8H2,1-2H3/t10-,11-,12?,19?/m0/s1. The number of imidazole rings is 1. The minimum atomic E-state index is -4.59. The lowest BCUT2D eigenvalue weighted by Crippen LogP contribution is -2.47. The minimum absolute atomic E-state index is 0.0133. The Kier molecular flexibility index (Phi) is 5.55. The number of benzene rings is 1. The summed E-state index contributed by atoms with van der Waals surface area (Å²) in [5, 5.41) is 13.3. The lowest BCUT2D eigenvalue weighted by Gasteiger charge is -2.42. The fourth-order valence-corrected chi connectivity index (χ4v) is 5.14. The predicted octanol–water partition coefficient (Wildman–Crippen LogP) is 3.83. The van der Waals surface area contributed by atoms with Gasteiger partial charge in [-0.2, -0.15) is 13.2 Å². The molecule has 0 amide bonds. The highest BCUT2D eigenvalue weighted by Crippen LogP contribution is 2.46. The largest absolute Gasteiger partial charge is 0.491 e. The van der Waals surface area contributed by atoms with E-state index in [9.17, 15) is 23.1 Å². The lowest BCUT2D eigenvalue weighted by atomic mass is 9.77. The Bertz CT molecular complexity index is 981. The molecule has 1 aliphatic heterocycles. The Morgan fingerprint density at radius 2 is 2.10 bits per heavy atom. The molecule has 2 aliphatic rings. The van der Waals surface area contributed by atoms with Crippen LogP contribution in [0.1, 0.15) is 51.1 Å². The molecule has 4 rings (SSSR count). The molecule has 10 heteroatoms. The summed E-state index contributed by atoms with van der Waals surface area (Å²) >= 11 is 1.95. The van der Waals surface area contributed by atoms with Crippen molar-refractivity contribution in [3.05, 3.63) is 21.5 Å². The number of carbonyl (C=O) groups excluding carboxylic acids is 1. The molecule has 1 saturated carbocycles. The highest BCUT2D eigenvalue weighted by Gasteiger charge is 2.42. The van der Waals surface area contributed by atoms with Gasteiger partial charge in [0.25, 0.3) is 0 Å². The number of hydrogen-bond donors (Lipinski definition) is 2. The number of aromatic nitrogens is 2. The maximum atomic E-state index is 13.9. The van der Waals surface area contributed by atoms with Gasteiger partial charge in [-0.3, -0.25) is 4.79 Å². The average molecular weight is 537 g/mol. The number of ether oxygens (including phenoxy) is 1. The monoisotopic (exact) mass is 537 g/mol. The van der Waals surface area contributed by atoms with Gasteiger partial charge < -0.3 is 19.7 Å². The zero-order valence-corrected chi connectivity index (χ0v) is 18.7. The first kappa shape index (κ1) is 21.8. The second-order valence-corrected chi connectivity index (χ2v) is 9.74. The van der Waals surface area contributed by atoms with Crippen molar-refractivity contribution < 1.29 is 27.8 Å². The van der Waals surface area contributed by atoms with Crippen LogP contribution in [0.25, 0.3) is 11.0 Å². The van der Waals surface area contributed by atoms with Crippen LogP contribution in [0.5, 0.6) is 5.75 Å². The highest BCUT2D eigenvalue weighted by atomic mass is 127. The number of fused-ring (bicyclic) bond motifs is 1. The number of nitrogens with zero attached hydrogens (tertiary/aromatic N) is 2. The fraction of sp³-hybridized carbons (Fsp3) is 0.600. The first-order valence-electron chi connectivity index (χ1n) is 9.84. The Balaban J connectivity index is 1.67. The van der Waals surface area contributed by atoms with Crippen LogP contribution in [0, 0.1) is 3.57 Å². The Hall–Kier alpha value is -1.40. The molecule has 0 bridgehead atoms. The summed E-state index contributed by atoms with van der Waals surface area (Å²) in [4.78, 5) is 16.0. The van der Waals surface area contributed by atoms with Gasteiger partial charge in [0.2, 0.25) is 0 Å². The molecule has 2 fully saturated rings. The molecule has 1 aromatic carbocycles. The molecular formula is C20H23F3IN3O3. The van der Waals surface area contributed by atoms with Crippen molar-refractivity contribution in [2.24, 2.45) is 0 Å². The number of alkyl halides is 3. The zero-order valence-electron chi connectivity index (χ0n) is 16.6. The molecule has 0 unspecified atom stereocenters. The van der Waals surface area contributed by atoms with E-state index in [0.29, 0.717) is 29.3 Å². The van der Waals surface area contributed by atoms with E-state index in [1.54, 1.807) is 6.92 Å². The van der Waals surface area contributed by atoms with Crippen LogP contribution in [0.2, 0.25) is 0 Å². The van der Waals surface area contributed by atoms with E-state index in [4.69, 9.17) is 4.74 Å². The number of aliphatic hydroxyl groups is 1. The van der Waals surface area contributed by atoms with Gasteiger partial charge in [-0.05, 0) is 55.3 Å². The number of piperidine rings is 1. The second kappa shape index (κ2) is 7.63. The molecule has 164 valence electrons. The van der Waals surface area contributed by atoms with Gasteiger partial charge in [-0.15, -0.1) is 0 Å². The van der Waals surface area contributed by atoms with Crippen molar-refractivity contribution in [1.82, 2.24) is 14.9 Å². The van der Waals surface area contributed by atoms with E-state index in [-0.39, 0.29) is 47.3 Å². The van der Waals surface area contributed by atoms with Crippen molar-refractivity contribution in [2.75, 3.05) is 6.61 Å². The Labute approximate surface area is 185 Å². The average Bonchev–Trinajstić information content (AvgIpc) is 3.02. The van der Waals surface area contributed by atoms with Gasteiger partial charge in [0.05, 0.1) is 26.6 Å². The van der Waals surface area contributed by atoms with Crippen molar-refractivity contribution in [3.8, 4) is 5.75 Å². The van der Waals surface area contributed by atoms with Crippen LogP contribution in [0.15, 0.2) is 12.4 Å². The Morgan fingerprint density at radius 1 is 1.40 bits per heavy atom. The molecule has 0 spiro atoms. The molecule has 2 heterocycles. The third-order valence-corrected chi connectivity index (χ3v) is 6.81. The number of hydrogen-bond acceptors (Lipinski definition) is 5. The molecule has 6 nitrogen and oxygen atoms in total. The minimum Gasteiger partial charge on any atom is -0.491 e. The van der Waals surface area contributed by atoms with Crippen molar-refractivity contribution >= 4 is 39.4 Å². The Morgan fingerprint density at radius 3 is 2.70 bits per heavy atom. The maximum absolute atomic E-state index is 13.9. The highest BCUT2D eigenvalue weighted by molar-refractivity contribution is 14.1. The molecular weight excluding hydrogens is 514 g/mol. The van der Waals surface area contributed by atoms with Crippen LogP contribution >= 0.6 is 22.6 Å². The molecule has 1 aromatic heterocycles. The fourth-order valence-electron chi connectivity index (χ4n) is 4.44. The van der Waals surface area contributed by atoms with E-state index in [1.807, 2.05) is 29.5 Å². The van der Waals surface area contributed by atoms with Crippen molar-refractivity contribution in [1.29, 1.82) is 0 Å². The second-order valence-electron chi connectivity index (χ2n) is 8.66. The summed E-state index contributed by atoms with van der Waals surface area (Å²) in [5.41, 5.74) is -1.43. The molecule has 2 N–H and O–H groups in total. The van der Waals surface area contributed by atoms with Gasteiger partial charge in [0.1, 0.15) is 23.7 Å². The number of nitrogens with one attached hydrogen (secondary N) is 1. The van der Waals surface area contributed by atoms with Crippen LogP contribution in [0.3, 0.4) is 0 Å². The summed E-state index contributed by atoms with van der Waals surface area (Å²) in [7, 11) is 0. The van der Waals surface area contributed by atoms with Gasteiger partial charge in [0, 0.05) is 31.0 Å². The summed E-state index contributed by atoms with van der Waals surface area (Å²) in [6, 6.07) is 0.569. The van der Waals surface area contributed by atoms with E-state index in [2.05, 4.69) is 10.3 Å². The summed E-state index contributed by atoms with van der Waals surface area (Å²) in [5.74, 6) is 0.222. The smallest absolute Gasteiger partial charge is 0.418 e. The van der Waals surface area contributed by atoms with Crippen LogP contribution in [-0.2, 0) is 11.0 Å². The molecule has 1 aliphatic carbocycles. The molecule has 30 heavy (non-hydrogen) atoms. The van der Waals surface area contributed by atoms with E-state index in [1.165, 1.54) is 10.9 Å².